The summed E-state index contributed by atoms with van der Waals surface area (Å²) in [5.41, 5.74) is -0.292. The zero-order chi connectivity index (χ0) is 13.8. The SMILES string of the molecule is CSc1n[nH]c(NC(=O)c2ccccc2[N+](=O)[O-])n1. The first-order chi connectivity index (χ1) is 9.11. The van der Waals surface area contributed by atoms with Crippen molar-refractivity contribution in [3.8, 4) is 0 Å². The number of carbonyl (C=O) groups is 1. The Morgan fingerprint density at radius 3 is 2.84 bits per heavy atom. The minimum Gasteiger partial charge on any atom is -0.291 e. The van der Waals surface area contributed by atoms with E-state index in [1.54, 1.807) is 12.3 Å². The van der Waals surface area contributed by atoms with E-state index in [0.29, 0.717) is 5.16 Å². The predicted octanol–water partition coefficient (Wildman–Crippen LogP) is 1.69. The van der Waals surface area contributed by atoms with E-state index in [1.807, 2.05) is 0 Å². The number of nitrogens with one attached hydrogen (secondary N) is 2. The molecule has 8 nitrogen and oxygen atoms in total. The third kappa shape index (κ3) is 2.88. The minimum absolute atomic E-state index is 0.0328. The van der Waals surface area contributed by atoms with E-state index in [4.69, 9.17) is 0 Å². The van der Waals surface area contributed by atoms with Crippen LogP contribution in [0.5, 0.6) is 0 Å². The summed E-state index contributed by atoms with van der Waals surface area (Å²) in [7, 11) is 0. The van der Waals surface area contributed by atoms with Crippen molar-refractivity contribution in [2.24, 2.45) is 0 Å². The van der Waals surface area contributed by atoms with E-state index in [-0.39, 0.29) is 17.2 Å². The van der Waals surface area contributed by atoms with Crippen LogP contribution in [-0.4, -0.2) is 32.3 Å². The molecule has 1 aromatic carbocycles. The Kier molecular flexibility index (Phi) is 3.76. The number of para-hydroxylation sites is 1. The number of carbonyl (C=O) groups excluding carboxylic acids is 1. The number of nitrogens with zero attached hydrogens (tertiary/aromatic N) is 3. The van der Waals surface area contributed by atoms with Crippen molar-refractivity contribution in [3.63, 3.8) is 0 Å². The maximum atomic E-state index is 11.9. The standard InChI is InChI=1S/C10H9N5O3S/c1-19-10-12-9(13-14-10)11-8(16)6-4-2-3-5-7(6)15(17)18/h2-5H,1H3,(H2,11,12,13,14,16). The molecule has 0 aliphatic heterocycles. The number of H-pyrrole nitrogens is 1. The van der Waals surface area contributed by atoms with Gasteiger partial charge in [0.1, 0.15) is 5.56 Å². The molecule has 1 heterocycles. The van der Waals surface area contributed by atoms with E-state index < -0.39 is 10.8 Å². The van der Waals surface area contributed by atoms with Crippen LogP contribution in [0.25, 0.3) is 0 Å². The van der Waals surface area contributed by atoms with Crippen molar-refractivity contribution in [2.75, 3.05) is 11.6 Å². The molecule has 2 rings (SSSR count). The number of rotatable bonds is 4. The molecule has 0 saturated carbocycles. The van der Waals surface area contributed by atoms with Crippen molar-refractivity contribution in [3.05, 3.63) is 39.9 Å². The Bertz CT molecular complexity index is 627. The molecule has 0 radical (unpaired) electrons. The van der Waals surface area contributed by atoms with Gasteiger partial charge in [0.15, 0.2) is 0 Å². The van der Waals surface area contributed by atoms with E-state index in [9.17, 15) is 14.9 Å². The first-order valence-electron chi connectivity index (χ1n) is 5.13. The number of nitro groups is 1. The van der Waals surface area contributed by atoms with E-state index in [1.165, 1.54) is 30.0 Å². The number of nitro benzene ring substituents is 1. The molecule has 2 aromatic rings. The molecule has 0 bridgehead atoms. The monoisotopic (exact) mass is 279 g/mol. The van der Waals surface area contributed by atoms with Crippen LogP contribution < -0.4 is 5.32 Å². The predicted molar refractivity (Wildman–Crippen MR) is 69.2 cm³/mol. The van der Waals surface area contributed by atoms with Gasteiger partial charge in [-0.2, -0.15) is 4.98 Å². The fourth-order valence-electron chi connectivity index (χ4n) is 1.39. The van der Waals surface area contributed by atoms with E-state index in [2.05, 4.69) is 20.5 Å². The molecule has 0 spiro atoms. The van der Waals surface area contributed by atoms with Crippen LogP contribution in [-0.2, 0) is 0 Å². The zero-order valence-electron chi connectivity index (χ0n) is 9.78. The van der Waals surface area contributed by atoms with Crippen molar-refractivity contribution in [1.82, 2.24) is 15.2 Å². The summed E-state index contributed by atoms with van der Waals surface area (Å²) in [5, 5.41) is 20.0. The topological polar surface area (TPSA) is 114 Å². The summed E-state index contributed by atoms with van der Waals surface area (Å²) in [6, 6.07) is 5.69. The van der Waals surface area contributed by atoms with Gasteiger partial charge in [0.25, 0.3) is 11.6 Å². The van der Waals surface area contributed by atoms with Gasteiger partial charge in [0.2, 0.25) is 11.1 Å². The molecule has 19 heavy (non-hydrogen) atoms. The fraction of sp³-hybridized carbons (Fsp3) is 0.100. The lowest BCUT2D eigenvalue weighted by molar-refractivity contribution is -0.385. The third-order valence-electron chi connectivity index (χ3n) is 2.22. The van der Waals surface area contributed by atoms with Gasteiger partial charge in [-0.05, 0) is 12.3 Å². The summed E-state index contributed by atoms with van der Waals surface area (Å²) in [6.45, 7) is 0. The molecule has 1 amide bonds. The van der Waals surface area contributed by atoms with Crippen LogP contribution in [0, 0.1) is 10.1 Å². The summed E-state index contributed by atoms with van der Waals surface area (Å²) in [6.07, 6.45) is 1.79. The number of aromatic amines is 1. The van der Waals surface area contributed by atoms with Crippen molar-refractivity contribution in [2.45, 2.75) is 5.16 Å². The smallest absolute Gasteiger partial charge is 0.282 e. The van der Waals surface area contributed by atoms with Crippen molar-refractivity contribution >= 4 is 29.3 Å². The second-order valence-electron chi connectivity index (χ2n) is 3.40. The number of aromatic nitrogens is 3. The normalized spacial score (nSPS) is 10.2. The largest absolute Gasteiger partial charge is 0.291 e. The number of amides is 1. The summed E-state index contributed by atoms with van der Waals surface area (Å²) >= 11 is 1.31. The maximum Gasteiger partial charge on any atom is 0.282 e. The van der Waals surface area contributed by atoms with Crippen LogP contribution in [0.1, 0.15) is 10.4 Å². The van der Waals surface area contributed by atoms with Crippen LogP contribution in [0.4, 0.5) is 11.6 Å². The van der Waals surface area contributed by atoms with Crippen molar-refractivity contribution in [1.29, 1.82) is 0 Å². The lowest BCUT2D eigenvalue weighted by Crippen LogP contribution is -2.14. The Balaban J connectivity index is 2.22. The molecule has 0 unspecified atom stereocenters. The van der Waals surface area contributed by atoms with Gasteiger partial charge in [0, 0.05) is 6.07 Å². The summed E-state index contributed by atoms with van der Waals surface area (Å²) < 4.78 is 0. The van der Waals surface area contributed by atoms with Crippen LogP contribution in [0.3, 0.4) is 0 Å². The van der Waals surface area contributed by atoms with Crippen LogP contribution in [0.15, 0.2) is 29.4 Å². The molecule has 2 N–H and O–H groups in total. The minimum atomic E-state index is -0.615. The van der Waals surface area contributed by atoms with Gasteiger partial charge < -0.3 is 0 Å². The van der Waals surface area contributed by atoms with E-state index >= 15 is 0 Å². The second-order valence-corrected chi connectivity index (χ2v) is 4.17. The molecule has 0 aliphatic carbocycles. The number of thioether (sulfide) groups is 1. The highest BCUT2D eigenvalue weighted by Crippen LogP contribution is 2.19. The average molecular weight is 279 g/mol. The van der Waals surface area contributed by atoms with Gasteiger partial charge in [-0.15, -0.1) is 5.10 Å². The highest BCUT2D eigenvalue weighted by molar-refractivity contribution is 7.98. The van der Waals surface area contributed by atoms with E-state index in [0.717, 1.165) is 0 Å². The van der Waals surface area contributed by atoms with Gasteiger partial charge >= 0.3 is 0 Å². The van der Waals surface area contributed by atoms with Gasteiger partial charge in [-0.1, -0.05) is 23.9 Å². The number of benzene rings is 1. The second kappa shape index (κ2) is 5.48. The quantitative estimate of drug-likeness (QED) is 0.500. The molecule has 0 atom stereocenters. The molecule has 0 aliphatic rings. The Labute approximate surface area is 111 Å². The zero-order valence-corrected chi connectivity index (χ0v) is 10.6. The highest BCUT2D eigenvalue weighted by atomic mass is 32.2. The molecule has 98 valence electrons. The first-order valence-corrected chi connectivity index (χ1v) is 6.35. The number of anilines is 1. The molecular weight excluding hydrogens is 270 g/mol. The van der Waals surface area contributed by atoms with Gasteiger partial charge in [-0.25, -0.2) is 5.10 Å². The third-order valence-corrected chi connectivity index (χ3v) is 2.77. The maximum absolute atomic E-state index is 11.9. The van der Waals surface area contributed by atoms with Crippen LogP contribution in [0.2, 0.25) is 0 Å². The highest BCUT2D eigenvalue weighted by Gasteiger charge is 2.20. The molecule has 0 saturated heterocycles. The Hall–Kier alpha value is -2.42. The first kappa shape index (κ1) is 13.0. The van der Waals surface area contributed by atoms with Gasteiger partial charge in [0.05, 0.1) is 4.92 Å². The number of hydrogen-bond donors (Lipinski definition) is 2. The lowest BCUT2D eigenvalue weighted by atomic mass is 10.1. The van der Waals surface area contributed by atoms with Crippen LogP contribution >= 0.6 is 11.8 Å². The fourth-order valence-corrected chi connectivity index (χ4v) is 1.71. The van der Waals surface area contributed by atoms with Crippen molar-refractivity contribution < 1.29 is 9.72 Å². The average Bonchev–Trinajstić information content (AvgIpc) is 2.86. The molecule has 9 heteroatoms. The van der Waals surface area contributed by atoms with Gasteiger partial charge in [-0.3, -0.25) is 20.2 Å². The molecular formula is C10H9N5O3S. The number of hydrogen-bond acceptors (Lipinski definition) is 6. The molecule has 0 fully saturated rings. The lowest BCUT2D eigenvalue weighted by Gasteiger charge is -2.02. The molecule has 1 aromatic heterocycles. The Morgan fingerprint density at radius 2 is 2.21 bits per heavy atom. The Morgan fingerprint density at radius 1 is 1.47 bits per heavy atom. The summed E-state index contributed by atoms with van der Waals surface area (Å²) in [4.78, 5) is 26.1. The summed E-state index contributed by atoms with van der Waals surface area (Å²) in [5.74, 6) is -0.469.